The molecule has 0 radical (unpaired) electrons. The van der Waals surface area contributed by atoms with E-state index in [2.05, 4.69) is 32.3 Å². The SMILES string of the molecule is O=C(CSc1nc2c(c(=O)[nH]1)CN(Cc1ccccc1)CC2)NCc1ccc2c(c1)OCO2. The van der Waals surface area contributed by atoms with Gasteiger partial charge in [0.15, 0.2) is 16.7 Å². The highest BCUT2D eigenvalue weighted by molar-refractivity contribution is 7.99. The van der Waals surface area contributed by atoms with Crippen molar-refractivity contribution in [3.8, 4) is 11.5 Å². The van der Waals surface area contributed by atoms with Gasteiger partial charge in [-0.25, -0.2) is 4.98 Å². The van der Waals surface area contributed by atoms with Crippen molar-refractivity contribution in [3.05, 3.63) is 81.3 Å². The molecule has 3 aromatic rings. The summed E-state index contributed by atoms with van der Waals surface area (Å²) in [5.41, 5.74) is 3.57. The average Bonchev–Trinajstić information content (AvgIpc) is 3.30. The number of carbonyl (C=O) groups is 1. The van der Waals surface area contributed by atoms with Gasteiger partial charge in [0.05, 0.1) is 17.0 Å². The van der Waals surface area contributed by atoms with Gasteiger partial charge in [-0.2, -0.15) is 0 Å². The minimum atomic E-state index is -0.132. The van der Waals surface area contributed by atoms with E-state index in [0.29, 0.717) is 35.3 Å². The molecule has 3 heterocycles. The molecule has 0 bridgehead atoms. The Morgan fingerprint density at radius 1 is 1.12 bits per heavy atom. The van der Waals surface area contributed by atoms with E-state index >= 15 is 0 Å². The van der Waals surface area contributed by atoms with Crippen molar-refractivity contribution in [1.29, 1.82) is 0 Å². The van der Waals surface area contributed by atoms with Crippen molar-refractivity contribution < 1.29 is 14.3 Å². The number of carbonyl (C=O) groups excluding carboxylic acids is 1. The summed E-state index contributed by atoms with van der Waals surface area (Å²) in [6.45, 7) is 2.84. The fourth-order valence-electron chi connectivity index (χ4n) is 3.94. The lowest BCUT2D eigenvalue weighted by molar-refractivity contribution is -0.118. The summed E-state index contributed by atoms with van der Waals surface area (Å²) < 4.78 is 10.7. The van der Waals surface area contributed by atoms with Crippen LogP contribution in [0.25, 0.3) is 0 Å². The highest BCUT2D eigenvalue weighted by atomic mass is 32.2. The Balaban J connectivity index is 1.14. The fourth-order valence-corrected chi connectivity index (χ4v) is 4.65. The van der Waals surface area contributed by atoms with Gasteiger partial charge in [-0.05, 0) is 23.3 Å². The molecule has 33 heavy (non-hydrogen) atoms. The first-order valence-electron chi connectivity index (χ1n) is 10.8. The van der Waals surface area contributed by atoms with E-state index in [9.17, 15) is 9.59 Å². The number of hydrogen-bond acceptors (Lipinski definition) is 7. The number of benzene rings is 2. The van der Waals surface area contributed by atoms with Crippen LogP contribution in [0.4, 0.5) is 0 Å². The molecule has 170 valence electrons. The summed E-state index contributed by atoms with van der Waals surface area (Å²) in [7, 11) is 0. The zero-order valence-corrected chi connectivity index (χ0v) is 18.8. The number of aromatic nitrogens is 2. The maximum Gasteiger partial charge on any atom is 0.256 e. The Hall–Kier alpha value is -3.30. The number of nitrogens with zero attached hydrogens (tertiary/aromatic N) is 2. The molecule has 0 aliphatic carbocycles. The summed E-state index contributed by atoms with van der Waals surface area (Å²) in [6.07, 6.45) is 0.718. The molecule has 9 heteroatoms. The zero-order chi connectivity index (χ0) is 22.6. The normalized spacial score (nSPS) is 14.7. The molecule has 1 aromatic heterocycles. The number of ether oxygens (including phenoxy) is 2. The van der Waals surface area contributed by atoms with E-state index in [0.717, 1.165) is 30.8 Å². The van der Waals surface area contributed by atoms with Crippen molar-refractivity contribution >= 4 is 17.7 Å². The second-order valence-corrected chi connectivity index (χ2v) is 8.96. The Morgan fingerprint density at radius 2 is 1.97 bits per heavy atom. The van der Waals surface area contributed by atoms with Crippen LogP contribution in [-0.2, 0) is 30.8 Å². The largest absolute Gasteiger partial charge is 0.454 e. The summed E-state index contributed by atoms with van der Waals surface area (Å²) in [6, 6.07) is 15.8. The van der Waals surface area contributed by atoms with Crippen molar-refractivity contribution in [3.63, 3.8) is 0 Å². The van der Waals surface area contributed by atoms with Crippen molar-refractivity contribution in [2.45, 2.75) is 31.2 Å². The van der Waals surface area contributed by atoms with Crippen LogP contribution in [0.3, 0.4) is 0 Å². The van der Waals surface area contributed by atoms with Gasteiger partial charge in [0, 0.05) is 32.6 Å². The predicted octanol–water partition coefficient (Wildman–Crippen LogP) is 2.47. The molecule has 0 saturated heterocycles. The Labute approximate surface area is 195 Å². The molecule has 2 aromatic carbocycles. The molecule has 8 nitrogen and oxygen atoms in total. The van der Waals surface area contributed by atoms with Gasteiger partial charge in [-0.15, -0.1) is 0 Å². The molecule has 0 unspecified atom stereocenters. The molecule has 0 spiro atoms. The van der Waals surface area contributed by atoms with E-state index in [1.54, 1.807) is 0 Å². The highest BCUT2D eigenvalue weighted by Gasteiger charge is 2.21. The number of rotatable bonds is 7. The van der Waals surface area contributed by atoms with Crippen LogP contribution in [-0.4, -0.2) is 39.9 Å². The minimum Gasteiger partial charge on any atom is -0.454 e. The lowest BCUT2D eigenvalue weighted by atomic mass is 10.1. The smallest absolute Gasteiger partial charge is 0.256 e. The summed E-state index contributed by atoms with van der Waals surface area (Å²) in [5.74, 6) is 1.44. The first kappa shape index (κ1) is 21.5. The number of amides is 1. The lowest BCUT2D eigenvalue weighted by Gasteiger charge is -2.27. The van der Waals surface area contributed by atoms with Gasteiger partial charge in [-0.1, -0.05) is 48.2 Å². The van der Waals surface area contributed by atoms with Gasteiger partial charge < -0.3 is 19.8 Å². The molecule has 0 saturated carbocycles. The van der Waals surface area contributed by atoms with Crippen LogP contribution >= 0.6 is 11.8 Å². The quantitative estimate of drug-likeness (QED) is 0.410. The number of aromatic amines is 1. The van der Waals surface area contributed by atoms with Crippen molar-refractivity contribution in [2.24, 2.45) is 0 Å². The van der Waals surface area contributed by atoms with Crippen LogP contribution in [0.1, 0.15) is 22.4 Å². The molecule has 1 amide bonds. The standard InChI is InChI=1S/C24H24N4O4S/c29-22(25-11-17-6-7-20-21(10-17)32-15-31-20)14-33-24-26-19-8-9-28(13-18(19)23(30)27-24)12-16-4-2-1-3-5-16/h1-7,10H,8-9,11-15H2,(H,25,29)(H,26,27,30). The summed E-state index contributed by atoms with van der Waals surface area (Å²) >= 11 is 1.24. The highest BCUT2D eigenvalue weighted by Crippen LogP contribution is 2.32. The predicted molar refractivity (Wildman–Crippen MR) is 124 cm³/mol. The molecular weight excluding hydrogens is 440 g/mol. The zero-order valence-electron chi connectivity index (χ0n) is 18.0. The third-order valence-corrected chi connectivity index (χ3v) is 6.51. The number of fused-ring (bicyclic) bond motifs is 2. The monoisotopic (exact) mass is 464 g/mol. The molecule has 5 rings (SSSR count). The number of hydrogen-bond donors (Lipinski definition) is 2. The maximum absolute atomic E-state index is 12.7. The lowest BCUT2D eigenvalue weighted by Crippen LogP contribution is -2.35. The Morgan fingerprint density at radius 3 is 2.85 bits per heavy atom. The molecule has 0 fully saturated rings. The van der Waals surface area contributed by atoms with Crippen molar-refractivity contribution in [2.75, 3.05) is 19.1 Å². The van der Waals surface area contributed by atoms with Gasteiger partial charge in [0.1, 0.15) is 0 Å². The van der Waals surface area contributed by atoms with Gasteiger partial charge >= 0.3 is 0 Å². The number of nitrogens with one attached hydrogen (secondary N) is 2. The van der Waals surface area contributed by atoms with E-state index in [4.69, 9.17) is 9.47 Å². The second-order valence-electron chi connectivity index (χ2n) is 8.00. The molecule has 2 aliphatic rings. The third-order valence-electron chi connectivity index (χ3n) is 5.64. The maximum atomic E-state index is 12.7. The molecule has 0 atom stereocenters. The molecular formula is C24H24N4O4S. The second kappa shape index (κ2) is 9.68. The minimum absolute atomic E-state index is 0.124. The summed E-state index contributed by atoms with van der Waals surface area (Å²) in [4.78, 5) is 34.7. The topological polar surface area (TPSA) is 96.6 Å². The van der Waals surface area contributed by atoms with Crippen LogP contribution in [0.15, 0.2) is 58.5 Å². The van der Waals surface area contributed by atoms with Crippen LogP contribution in [0.2, 0.25) is 0 Å². The van der Waals surface area contributed by atoms with Crippen molar-refractivity contribution in [1.82, 2.24) is 20.2 Å². The van der Waals surface area contributed by atoms with Crippen LogP contribution in [0.5, 0.6) is 11.5 Å². The number of H-pyrrole nitrogens is 1. The van der Waals surface area contributed by atoms with E-state index in [1.165, 1.54) is 17.3 Å². The van der Waals surface area contributed by atoms with E-state index in [-0.39, 0.29) is 24.0 Å². The van der Waals surface area contributed by atoms with Gasteiger partial charge in [0.2, 0.25) is 12.7 Å². The third kappa shape index (κ3) is 5.20. The van der Waals surface area contributed by atoms with Gasteiger partial charge in [0.25, 0.3) is 5.56 Å². The van der Waals surface area contributed by atoms with E-state index < -0.39 is 0 Å². The first-order chi connectivity index (χ1) is 16.1. The molecule has 2 aliphatic heterocycles. The van der Waals surface area contributed by atoms with E-state index in [1.807, 2.05) is 36.4 Å². The Kier molecular flexibility index (Phi) is 6.32. The van der Waals surface area contributed by atoms with Crippen LogP contribution in [0, 0.1) is 0 Å². The fraction of sp³-hybridized carbons (Fsp3) is 0.292. The Bertz CT molecular complexity index is 1210. The van der Waals surface area contributed by atoms with Crippen LogP contribution < -0.4 is 20.3 Å². The summed E-state index contributed by atoms with van der Waals surface area (Å²) in [5, 5.41) is 3.36. The average molecular weight is 465 g/mol. The van der Waals surface area contributed by atoms with Gasteiger partial charge in [-0.3, -0.25) is 14.5 Å². The molecule has 2 N–H and O–H groups in total. The number of thioether (sulfide) groups is 1. The first-order valence-corrected chi connectivity index (χ1v) is 11.8.